The number of carbonyl (C=O) groups excluding carboxylic acids is 1. The van der Waals surface area contributed by atoms with E-state index in [1.165, 1.54) is 116 Å². The minimum atomic E-state index is -0.648. The van der Waals surface area contributed by atoms with Gasteiger partial charge in [0.15, 0.2) is 0 Å². The minimum absolute atomic E-state index is 0.0340. The van der Waals surface area contributed by atoms with E-state index in [0.717, 1.165) is 25.7 Å². The van der Waals surface area contributed by atoms with Crippen LogP contribution in [0.15, 0.2) is 0 Å². The lowest BCUT2D eigenvalue weighted by Gasteiger charge is -2.22. The Labute approximate surface area is 213 Å². The average molecular weight is 484 g/mol. The van der Waals surface area contributed by atoms with Crippen LogP contribution >= 0.6 is 0 Å². The van der Waals surface area contributed by atoms with E-state index in [9.17, 15) is 15.0 Å². The Morgan fingerprint density at radius 2 is 0.941 bits per heavy atom. The second-order valence-corrected chi connectivity index (χ2v) is 10.5. The first-order valence-electron chi connectivity index (χ1n) is 15.2. The van der Waals surface area contributed by atoms with E-state index in [1.807, 2.05) is 0 Å². The van der Waals surface area contributed by atoms with Crippen molar-refractivity contribution in [1.29, 1.82) is 0 Å². The van der Waals surface area contributed by atoms with Gasteiger partial charge in [0.05, 0.1) is 18.8 Å². The Balaban J connectivity index is 3.59. The standard InChI is InChI=1S/C30H61NO3/c1-3-5-7-9-11-13-15-16-18-20-22-24-26-30(34)31-28(27-32)29(33)25-23-21-19-17-14-12-10-8-6-4-2/h28-29,32-33H,3-27H2,1-2H3,(H,31,34). The molecule has 1 amide bonds. The van der Waals surface area contributed by atoms with Crippen LogP contribution in [0.2, 0.25) is 0 Å². The van der Waals surface area contributed by atoms with Crippen molar-refractivity contribution in [3.63, 3.8) is 0 Å². The second-order valence-electron chi connectivity index (χ2n) is 10.5. The molecule has 0 aliphatic rings. The molecule has 0 heterocycles. The van der Waals surface area contributed by atoms with Gasteiger partial charge in [-0.25, -0.2) is 0 Å². The number of hydrogen-bond acceptors (Lipinski definition) is 3. The topological polar surface area (TPSA) is 69.6 Å². The number of hydrogen-bond donors (Lipinski definition) is 3. The van der Waals surface area contributed by atoms with E-state index >= 15 is 0 Å². The molecule has 0 fully saturated rings. The predicted octanol–water partition coefficient (Wildman–Crippen LogP) is 8.23. The molecule has 4 nitrogen and oxygen atoms in total. The number of unbranched alkanes of at least 4 members (excludes halogenated alkanes) is 20. The minimum Gasteiger partial charge on any atom is -0.394 e. The fraction of sp³-hybridized carbons (Fsp3) is 0.967. The summed E-state index contributed by atoms with van der Waals surface area (Å²) in [5.41, 5.74) is 0. The molecule has 0 aliphatic carbocycles. The van der Waals surface area contributed by atoms with Crippen LogP contribution in [0.5, 0.6) is 0 Å². The lowest BCUT2D eigenvalue weighted by atomic mass is 10.0. The van der Waals surface area contributed by atoms with Crippen LogP contribution in [0.3, 0.4) is 0 Å². The molecular weight excluding hydrogens is 422 g/mol. The first-order valence-corrected chi connectivity index (χ1v) is 15.2. The van der Waals surface area contributed by atoms with E-state index < -0.39 is 12.1 Å². The van der Waals surface area contributed by atoms with E-state index in [2.05, 4.69) is 19.2 Å². The van der Waals surface area contributed by atoms with Crippen LogP contribution in [-0.4, -0.2) is 34.9 Å². The molecule has 0 bridgehead atoms. The van der Waals surface area contributed by atoms with Gasteiger partial charge in [0, 0.05) is 6.42 Å². The molecule has 3 N–H and O–H groups in total. The highest BCUT2D eigenvalue weighted by Crippen LogP contribution is 2.14. The molecule has 2 unspecified atom stereocenters. The smallest absolute Gasteiger partial charge is 0.220 e. The van der Waals surface area contributed by atoms with Crippen LogP contribution in [0.25, 0.3) is 0 Å². The molecule has 0 aromatic rings. The largest absolute Gasteiger partial charge is 0.394 e. The Morgan fingerprint density at radius 3 is 1.32 bits per heavy atom. The number of rotatable bonds is 27. The molecule has 0 spiro atoms. The van der Waals surface area contributed by atoms with E-state index in [1.54, 1.807) is 0 Å². The van der Waals surface area contributed by atoms with Crippen LogP contribution < -0.4 is 5.32 Å². The summed E-state index contributed by atoms with van der Waals surface area (Å²) in [4.78, 5) is 12.2. The maximum absolute atomic E-state index is 12.2. The summed E-state index contributed by atoms with van der Waals surface area (Å²) in [5, 5.41) is 22.8. The molecule has 4 heteroatoms. The molecule has 204 valence electrons. The molecule has 34 heavy (non-hydrogen) atoms. The average Bonchev–Trinajstić information content (AvgIpc) is 2.84. The van der Waals surface area contributed by atoms with Gasteiger partial charge in [-0.3, -0.25) is 4.79 Å². The van der Waals surface area contributed by atoms with Gasteiger partial charge >= 0.3 is 0 Å². The van der Waals surface area contributed by atoms with Crippen molar-refractivity contribution in [1.82, 2.24) is 5.32 Å². The highest BCUT2D eigenvalue weighted by atomic mass is 16.3. The van der Waals surface area contributed by atoms with E-state index in [-0.39, 0.29) is 12.5 Å². The van der Waals surface area contributed by atoms with Crippen molar-refractivity contribution in [2.75, 3.05) is 6.61 Å². The van der Waals surface area contributed by atoms with Crippen molar-refractivity contribution < 1.29 is 15.0 Å². The van der Waals surface area contributed by atoms with Gasteiger partial charge in [-0.15, -0.1) is 0 Å². The van der Waals surface area contributed by atoms with Gasteiger partial charge in [-0.05, 0) is 12.8 Å². The molecule has 0 saturated carbocycles. The van der Waals surface area contributed by atoms with Crippen molar-refractivity contribution in [2.24, 2.45) is 0 Å². The molecule has 0 aromatic heterocycles. The van der Waals surface area contributed by atoms with E-state index in [4.69, 9.17) is 0 Å². The summed E-state index contributed by atoms with van der Waals surface area (Å²) in [6, 6.07) is -0.525. The van der Waals surface area contributed by atoms with Gasteiger partial charge in [0.1, 0.15) is 0 Å². The molecule has 2 atom stereocenters. The van der Waals surface area contributed by atoms with Crippen LogP contribution in [0.4, 0.5) is 0 Å². The predicted molar refractivity (Wildman–Crippen MR) is 147 cm³/mol. The monoisotopic (exact) mass is 483 g/mol. The quantitative estimate of drug-likeness (QED) is 0.103. The third kappa shape index (κ3) is 23.1. The van der Waals surface area contributed by atoms with Gasteiger partial charge in [-0.2, -0.15) is 0 Å². The molecule has 0 rings (SSSR count). The van der Waals surface area contributed by atoms with Gasteiger partial charge < -0.3 is 15.5 Å². The number of nitrogens with one attached hydrogen (secondary N) is 1. The van der Waals surface area contributed by atoms with Crippen LogP contribution in [-0.2, 0) is 4.79 Å². The number of aliphatic hydroxyl groups excluding tert-OH is 2. The van der Waals surface area contributed by atoms with Gasteiger partial charge in [0.2, 0.25) is 5.91 Å². The molecule has 0 aliphatic heterocycles. The number of amides is 1. The van der Waals surface area contributed by atoms with Crippen molar-refractivity contribution in [3.05, 3.63) is 0 Å². The van der Waals surface area contributed by atoms with Crippen molar-refractivity contribution in [3.8, 4) is 0 Å². The molecule has 0 radical (unpaired) electrons. The first-order chi connectivity index (χ1) is 16.7. The Morgan fingerprint density at radius 1 is 0.588 bits per heavy atom. The third-order valence-electron chi connectivity index (χ3n) is 7.12. The highest BCUT2D eigenvalue weighted by molar-refractivity contribution is 5.76. The van der Waals surface area contributed by atoms with Crippen LogP contribution in [0.1, 0.15) is 168 Å². The molecular formula is C30H61NO3. The summed E-state index contributed by atoms with van der Waals surface area (Å²) >= 11 is 0. The summed E-state index contributed by atoms with van der Waals surface area (Å²) in [6.45, 7) is 4.32. The molecule has 0 saturated heterocycles. The zero-order valence-electron chi connectivity index (χ0n) is 23.1. The second kappa shape index (κ2) is 27.0. The summed E-state index contributed by atoms with van der Waals surface area (Å²) in [7, 11) is 0. The third-order valence-corrected chi connectivity index (χ3v) is 7.12. The summed E-state index contributed by atoms with van der Waals surface area (Å²) in [6.07, 6.45) is 28.5. The first kappa shape index (κ1) is 33.4. The Hall–Kier alpha value is -0.610. The maximum Gasteiger partial charge on any atom is 0.220 e. The fourth-order valence-electron chi connectivity index (χ4n) is 4.71. The normalized spacial score (nSPS) is 13.2. The van der Waals surface area contributed by atoms with E-state index in [0.29, 0.717) is 12.8 Å². The highest BCUT2D eigenvalue weighted by Gasteiger charge is 2.19. The lowest BCUT2D eigenvalue weighted by molar-refractivity contribution is -0.123. The zero-order valence-corrected chi connectivity index (χ0v) is 23.1. The summed E-state index contributed by atoms with van der Waals surface area (Å²) < 4.78 is 0. The Bertz CT molecular complexity index is 416. The molecule has 0 aromatic carbocycles. The van der Waals surface area contributed by atoms with Gasteiger partial charge in [0.25, 0.3) is 0 Å². The Kier molecular flexibility index (Phi) is 26.5. The number of carbonyl (C=O) groups is 1. The maximum atomic E-state index is 12.2. The van der Waals surface area contributed by atoms with Crippen molar-refractivity contribution >= 4 is 5.91 Å². The van der Waals surface area contributed by atoms with Crippen molar-refractivity contribution in [2.45, 2.75) is 180 Å². The lowest BCUT2D eigenvalue weighted by Crippen LogP contribution is -2.45. The van der Waals surface area contributed by atoms with Gasteiger partial charge in [-0.1, -0.05) is 149 Å². The SMILES string of the molecule is CCCCCCCCCCCCCCC(=O)NC(CO)C(O)CCCCCCCCCCCC. The number of aliphatic hydroxyl groups is 2. The fourth-order valence-corrected chi connectivity index (χ4v) is 4.71. The zero-order chi connectivity index (χ0) is 25.1. The van der Waals surface area contributed by atoms with Crippen LogP contribution in [0, 0.1) is 0 Å². The summed E-state index contributed by atoms with van der Waals surface area (Å²) in [5.74, 6) is -0.0340.